The van der Waals surface area contributed by atoms with Gasteiger partial charge in [-0.2, -0.15) is 4.98 Å². The molecule has 2 saturated heterocycles. The lowest BCUT2D eigenvalue weighted by molar-refractivity contribution is -0.144. The molecule has 3 heterocycles. The van der Waals surface area contributed by atoms with Gasteiger partial charge in [-0.3, -0.25) is 14.5 Å². The standard InChI is InChI=1S/C28H28N4O8/c1-36-21-9-8-17(10-22(21)37-2)20(33)13-31-19-12-24-23(38-15-39-24)11-18(19)27(34)32(28(31)35)14-25-29-26(30-40-25)16-6-4-3-5-7-16/h3-10,18-19,23-24H,11-15H2,1-2H3. The fraction of sp³-hybridized carbons (Fsp3) is 0.393. The van der Waals surface area contributed by atoms with Crippen molar-refractivity contribution < 1.29 is 37.9 Å². The first-order valence-electron chi connectivity index (χ1n) is 12.9. The van der Waals surface area contributed by atoms with Crippen molar-refractivity contribution in [3.63, 3.8) is 0 Å². The summed E-state index contributed by atoms with van der Waals surface area (Å²) in [6, 6.07) is 12.9. The van der Waals surface area contributed by atoms with E-state index >= 15 is 0 Å². The Morgan fingerprint density at radius 2 is 1.75 bits per heavy atom. The van der Waals surface area contributed by atoms with Crippen LogP contribution in [0.15, 0.2) is 53.1 Å². The largest absolute Gasteiger partial charge is 0.493 e. The molecule has 1 saturated carbocycles. The van der Waals surface area contributed by atoms with E-state index in [0.29, 0.717) is 35.7 Å². The minimum absolute atomic E-state index is 0.110. The van der Waals surface area contributed by atoms with Gasteiger partial charge in [-0.1, -0.05) is 35.5 Å². The number of ether oxygens (including phenoxy) is 4. The lowest BCUT2D eigenvalue weighted by atomic mass is 9.78. The average Bonchev–Trinajstić information content (AvgIpc) is 3.66. The molecule has 0 spiro atoms. The summed E-state index contributed by atoms with van der Waals surface area (Å²) in [5.41, 5.74) is 1.09. The minimum Gasteiger partial charge on any atom is -0.493 e. The van der Waals surface area contributed by atoms with Crippen molar-refractivity contribution in [1.82, 2.24) is 19.9 Å². The maximum Gasteiger partial charge on any atom is 0.327 e. The van der Waals surface area contributed by atoms with Crippen LogP contribution in [0, 0.1) is 5.92 Å². The number of Topliss-reactive ketones (excluding diaryl/α,β-unsaturated/α-hetero) is 1. The van der Waals surface area contributed by atoms with Crippen molar-refractivity contribution in [3.8, 4) is 22.9 Å². The van der Waals surface area contributed by atoms with Crippen LogP contribution >= 0.6 is 0 Å². The molecule has 1 aromatic heterocycles. The van der Waals surface area contributed by atoms with E-state index in [2.05, 4.69) is 10.1 Å². The number of nitrogens with zero attached hydrogens (tertiary/aromatic N) is 4. The Morgan fingerprint density at radius 1 is 1.00 bits per heavy atom. The summed E-state index contributed by atoms with van der Waals surface area (Å²) in [5, 5.41) is 4.00. The molecule has 4 unspecified atom stereocenters. The second-order valence-electron chi connectivity index (χ2n) is 9.88. The third kappa shape index (κ3) is 4.69. The Hall–Kier alpha value is -4.29. The SMILES string of the molecule is COc1ccc(C(=O)CN2C(=O)N(Cc3nc(-c4ccccc4)no3)C(=O)C3CC4OCOC4CC32)cc1OC. The normalized spacial score (nSPS) is 24.1. The minimum atomic E-state index is -0.600. The highest BCUT2D eigenvalue weighted by atomic mass is 16.7. The van der Waals surface area contributed by atoms with Crippen LogP contribution in [0.1, 0.15) is 29.1 Å². The van der Waals surface area contributed by atoms with Gasteiger partial charge in [0.15, 0.2) is 17.3 Å². The summed E-state index contributed by atoms with van der Waals surface area (Å²) in [6.07, 6.45) is 0.254. The molecule has 6 rings (SSSR count). The van der Waals surface area contributed by atoms with Crippen LogP contribution in [0.25, 0.3) is 11.4 Å². The van der Waals surface area contributed by atoms with Crippen LogP contribution in [0.3, 0.4) is 0 Å². The molecule has 4 atom stereocenters. The average molecular weight is 549 g/mol. The first kappa shape index (κ1) is 26.0. The highest BCUT2D eigenvalue weighted by molar-refractivity contribution is 6.03. The second-order valence-corrected chi connectivity index (χ2v) is 9.88. The fourth-order valence-corrected chi connectivity index (χ4v) is 5.62. The highest BCUT2D eigenvalue weighted by Crippen LogP contribution is 2.40. The Morgan fingerprint density at radius 3 is 2.50 bits per heavy atom. The first-order valence-corrected chi connectivity index (χ1v) is 12.9. The van der Waals surface area contributed by atoms with E-state index in [9.17, 15) is 14.4 Å². The van der Waals surface area contributed by atoms with Gasteiger partial charge >= 0.3 is 6.03 Å². The molecule has 3 amide bonds. The number of imide groups is 1. The zero-order valence-electron chi connectivity index (χ0n) is 22.0. The van der Waals surface area contributed by atoms with E-state index in [1.54, 1.807) is 18.2 Å². The number of hydrogen-bond donors (Lipinski definition) is 0. The molecule has 0 bridgehead atoms. The molecule has 0 radical (unpaired) electrons. The molecule has 1 aliphatic carbocycles. The van der Waals surface area contributed by atoms with Crippen molar-refractivity contribution in [2.45, 2.75) is 37.6 Å². The number of urea groups is 1. The summed E-state index contributed by atoms with van der Waals surface area (Å²) in [5.74, 6) is 0.0969. The molecular weight excluding hydrogens is 520 g/mol. The van der Waals surface area contributed by atoms with Crippen molar-refractivity contribution in [3.05, 3.63) is 60.0 Å². The molecule has 12 nitrogen and oxygen atoms in total. The summed E-state index contributed by atoms with van der Waals surface area (Å²) in [4.78, 5) is 47.9. The molecule has 12 heteroatoms. The van der Waals surface area contributed by atoms with Gasteiger partial charge in [0.1, 0.15) is 13.3 Å². The van der Waals surface area contributed by atoms with E-state index in [4.69, 9.17) is 23.5 Å². The number of methoxy groups -OCH3 is 2. The molecule has 3 fully saturated rings. The van der Waals surface area contributed by atoms with Crippen molar-refractivity contribution >= 4 is 17.7 Å². The van der Waals surface area contributed by atoms with Crippen LogP contribution in [0.4, 0.5) is 4.79 Å². The van der Waals surface area contributed by atoms with E-state index < -0.39 is 18.0 Å². The molecule has 0 N–H and O–H groups in total. The number of carbonyl (C=O) groups is 3. The van der Waals surface area contributed by atoms with Gasteiger partial charge in [-0.05, 0) is 31.0 Å². The van der Waals surface area contributed by atoms with Gasteiger partial charge in [-0.15, -0.1) is 0 Å². The fourth-order valence-electron chi connectivity index (χ4n) is 5.62. The lowest BCUT2D eigenvalue weighted by Crippen LogP contribution is -2.65. The van der Waals surface area contributed by atoms with Crippen molar-refractivity contribution in [1.29, 1.82) is 0 Å². The van der Waals surface area contributed by atoms with Gasteiger partial charge in [0, 0.05) is 17.2 Å². The maximum absolute atomic E-state index is 13.8. The van der Waals surface area contributed by atoms with Gasteiger partial charge in [0.05, 0.1) is 38.9 Å². The van der Waals surface area contributed by atoms with E-state index in [-0.39, 0.29) is 49.7 Å². The predicted octanol–water partition coefficient (Wildman–Crippen LogP) is 2.92. The number of benzene rings is 2. The topological polar surface area (TPSA) is 134 Å². The Bertz CT molecular complexity index is 1430. The van der Waals surface area contributed by atoms with Crippen LogP contribution < -0.4 is 9.47 Å². The molecular formula is C28H28N4O8. The van der Waals surface area contributed by atoms with E-state index in [1.165, 1.54) is 19.1 Å². The smallest absolute Gasteiger partial charge is 0.327 e. The Balaban J connectivity index is 1.28. The van der Waals surface area contributed by atoms with Gasteiger partial charge in [-0.25, -0.2) is 4.79 Å². The summed E-state index contributed by atoms with van der Waals surface area (Å²) >= 11 is 0. The summed E-state index contributed by atoms with van der Waals surface area (Å²) in [6.45, 7) is -0.320. The van der Waals surface area contributed by atoms with Crippen LogP contribution in [-0.4, -0.2) is 83.5 Å². The zero-order valence-corrected chi connectivity index (χ0v) is 22.0. The van der Waals surface area contributed by atoms with Gasteiger partial charge < -0.3 is 28.4 Å². The van der Waals surface area contributed by atoms with Crippen molar-refractivity contribution in [2.24, 2.45) is 5.92 Å². The lowest BCUT2D eigenvalue weighted by Gasteiger charge is -2.48. The third-order valence-electron chi connectivity index (χ3n) is 7.68. The van der Waals surface area contributed by atoms with Crippen LogP contribution in [-0.2, 0) is 20.8 Å². The zero-order chi connectivity index (χ0) is 27.8. The maximum atomic E-state index is 13.8. The highest BCUT2D eigenvalue weighted by Gasteiger charge is 2.53. The quantitative estimate of drug-likeness (QED) is 0.387. The van der Waals surface area contributed by atoms with Crippen LogP contribution in [0.2, 0.25) is 0 Å². The van der Waals surface area contributed by atoms with Gasteiger partial charge in [0.2, 0.25) is 17.6 Å². The molecule has 2 aromatic carbocycles. The number of ketones is 1. The summed E-state index contributed by atoms with van der Waals surface area (Å²) in [7, 11) is 2.99. The number of hydrogen-bond acceptors (Lipinski definition) is 10. The van der Waals surface area contributed by atoms with E-state index in [1.807, 2.05) is 30.3 Å². The van der Waals surface area contributed by atoms with Crippen molar-refractivity contribution in [2.75, 3.05) is 27.6 Å². The van der Waals surface area contributed by atoms with Crippen LogP contribution in [0.5, 0.6) is 11.5 Å². The monoisotopic (exact) mass is 548 g/mol. The molecule has 3 aromatic rings. The number of carbonyl (C=O) groups excluding carboxylic acids is 3. The number of aromatic nitrogens is 2. The number of fused-ring (bicyclic) bond motifs is 2. The van der Waals surface area contributed by atoms with Gasteiger partial charge in [0.25, 0.3) is 0 Å². The first-order chi connectivity index (χ1) is 19.5. The third-order valence-corrected chi connectivity index (χ3v) is 7.68. The Labute approximate surface area is 229 Å². The summed E-state index contributed by atoms with van der Waals surface area (Å²) < 4.78 is 27.4. The van der Waals surface area contributed by atoms with E-state index in [0.717, 1.165) is 10.5 Å². The predicted molar refractivity (Wildman–Crippen MR) is 137 cm³/mol. The molecule has 208 valence electrons. The second kappa shape index (κ2) is 10.7. The number of amides is 3. The molecule has 2 aliphatic heterocycles. The molecule has 3 aliphatic rings. The Kier molecular flexibility index (Phi) is 6.95. The number of rotatable bonds is 8. The molecule has 40 heavy (non-hydrogen) atoms.